The van der Waals surface area contributed by atoms with Crippen LogP contribution in [0.1, 0.15) is 12.5 Å². The average Bonchev–Trinajstić information content (AvgIpc) is 2.30. The summed E-state index contributed by atoms with van der Waals surface area (Å²) in [7, 11) is 0. The monoisotopic (exact) mass is 215 g/mol. The molecule has 0 saturated carbocycles. The van der Waals surface area contributed by atoms with Crippen LogP contribution < -0.4 is 10.5 Å². The van der Waals surface area contributed by atoms with E-state index in [-0.39, 0.29) is 0 Å². The van der Waals surface area contributed by atoms with Gasteiger partial charge in [-0.25, -0.2) is 9.97 Å². The number of hydrogen-bond acceptors (Lipinski definition) is 4. The van der Waals surface area contributed by atoms with Crippen LogP contribution in [0.3, 0.4) is 0 Å². The maximum Gasteiger partial charge on any atom is 0.224 e. The Balaban J connectivity index is 2.14. The van der Waals surface area contributed by atoms with E-state index in [0.717, 1.165) is 12.2 Å². The lowest BCUT2D eigenvalue weighted by atomic mass is 10.2. The standard InChI is InChI=1S/C12H13N3O/c1-2-9-3-5-10(6-4-9)16-12-7-11(13)14-8-15-12/h3-8H,2H2,1H3,(H2,13,14,15). The summed E-state index contributed by atoms with van der Waals surface area (Å²) < 4.78 is 5.53. The van der Waals surface area contributed by atoms with Gasteiger partial charge in [0.15, 0.2) is 0 Å². The fraction of sp³-hybridized carbons (Fsp3) is 0.167. The number of benzene rings is 1. The smallest absolute Gasteiger partial charge is 0.224 e. The third-order valence-electron chi connectivity index (χ3n) is 2.22. The lowest BCUT2D eigenvalue weighted by Crippen LogP contribution is -1.93. The SMILES string of the molecule is CCc1ccc(Oc2cc(N)ncn2)cc1. The first-order valence-corrected chi connectivity index (χ1v) is 5.12. The van der Waals surface area contributed by atoms with E-state index in [2.05, 4.69) is 16.9 Å². The van der Waals surface area contributed by atoms with E-state index in [1.54, 1.807) is 6.07 Å². The number of ether oxygens (including phenoxy) is 1. The molecule has 1 aromatic heterocycles. The van der Waals surface area contributed by atoms with Crippen LogP contribution in [0.2, 0.25) is 0 Å². The van der Waals surface area contributed by atoms with Crippen LogP contribution in [0.5, 0.6) is 11.6 Å². The maximum atomic E-state index is 5.53. The molecular formula is C12H13N3O. The number of anilines is 1. The van der Waals surface area contributed by atoms with Crippen molar-refractivity contribution in [2.45, 2.75) is 13.3 Å². The van der Waals surface area contributed by atoms with Crippen LogP contribution >= 0.6 is 0 Å². The largest absolute Gasteiger partial charge is 0.439 e. The van der Waals surface area contributed by atoms with Crippen molar-refractivity contribution in [2.24, 2.45) is 0 Å². The van der Waals surface area contributed by atoms with Gasteiger partial charge in [0, 0.05) is 6.07 Å². The summed E-state index contributed by atoms with van der Waals surface area (Å²) in [5, 5.41) is 0. The molecule has 0 bridgehead atoms. The normalized spacial score (nSPS) is 10.1. The first-order valence-electron chi connectivity index (χ1n) is 5.12. The molecule has 0 radical (unpaired) electrons. The van der Waals surface area contributed by atoms with E-state index >= 15 is 0 Å². The quantitative estimate of drug-likeness (QED) is 0.854. The highest BCUT2D eigenvalue weighted by molar-refractivity contribution is 5.35. The predicted octanol–water partition coefficient (Wildman–Crippen LogP) is 2.41. The van der Waals surface area contributed by atoms with Gasteiger partial charge in [0.2, 0.25) is 5.88 Å². The van der Waals surface area contributed by atoms with Crippen molar-refractivity contribution in [3.05, 3.63) is 42.2 Å². The number of aromatic nitrogens is 2. The Morgan fingerprint density at radius 2 is 1.94 bits per heavy atom. The minimum Gasteiger partial charge on any atom is -0.439 e. The lowest BCUT2D eigenvalue weighted by Gasteiger charge is -2.05. The van der Waals surface area contributed by atoms with Gasteiger partial charge >= 0.3 is 0 Å². The van der Waals surface area contributed by atoms with E-state index in [1.807, 2.05) is 24.3 Å². The molecule has 0 spiro atoms. The molecule has 16 heavy (non-hydrogen) atoms. The van der Waals surface area contributed by atoms with Crippen LogP contribution in [-0.2, 0) is 6.42 Å². The van der Waals surface area contributed by atoms with Gasteiger partial charge in [-0.15, -0.1) is 0 Å². The van der Waals surface area contributed by atoms with Crippen molar-refractivity contribution < 1.29 is 4.74 Å². The lowest BCUT2D eigenvalue weighted by molar-refractivity contribution is 0.462. The van der Waals surface area contributed by atoms with Crippen molar-refractivity contribution in [2.75, 3.05) is 5.73 Å². The highest BCUT2D eigenvalue weighted by Gasteiger charge is 1.99. The third kappa shape index (κ3) is 2.48. The number of nitrogen functional groups attached to an aromatic ring is 1. The zero-order valence-electron chi connectivity index (χ0n) is 9.05. The van der Waals surface area contributed by atoms with E-state index in [4.69, 9.17) is 10.5 Å². The summed E-state index contributed by atoms with van der Waals surface area (Å²) in [6.07, 6.45) is 2.39. The fourth-order valence-electron chi connectivity index (χ4n) is 1.32. The Morgan fingerprint density at radius 3 is 2.56 bits per heavy atom. The van der Waals surface area contributed by atoms with E-state index in [0.29, 0.717) is 11.7 Å². The predicted molar refractivity (Wildman–Crippen MR) is 62.3 cm³/mol. The van der Waals surface area contributed by atoms with Gasteiger partial charge in [0.25, 0.3) is 0 Å². The molecule has 2 N–H and O–H groups in total. The number of hydrogen-bond donors (Lipinski definition) is 1. The average molecular weight is 215 g/mol. The molecule has 0 saturated heterocycles. The summed E-state index contributed by atoms with van der Waals surface area (Å²) in [6, 6.07) is 9.47. The van der Waals surface area contributed by atoms with E-state index in [9.17, 15) is 0 Å². The minimum absolute atomic E-state index is 0.398. The van der Waals surface area contributed by atoms with Crippen molar-refractivity contribution >= 4 is 5.82 Å². The van der Waals surface area contributed by atoms with Gasteiger partial charge in [0.1, 0.15) is 17.9 Å². The molecule has 0 aliphatic heterocycles. The summed E-state index contributed by atoms with van der Waals surface area (Å²) in [5.41, 5.74) is 6.80. The number of rotatable bonds is 3. The fourth-order valence-corrected chi connectivity index (χ4v) is 1.32. The van der Waals surface area contributed by atoms with E-state index in [1.165, 1.54) is 11.9 Å². The van der Waals surface area contributed by atoms with Crippen LogP contribution in [-0.4, -0.2) is 9.97 Å². The molecule has 82 valence electrons. The second-order valence-electron chi connectivity index (χ2n) is 3.38. The summed E-state index contributed by atoms with van der Waals surface area (Å²) in [6.45, 7) is 2.11. The third-order valence-corrected chi connectivity index (χ3v) is 2.22. The molecule has 0 unspecified atom stereocenters. The Hall–Kier alpha value is -2.10. The highest BCUT2D eigenvalue weighted by atomic mass is 16.5. The second-order valence-corrected chi connectivity index (χ2v) is 3.38. The summed E-state index contributed by atoms with van der Waals surface area (Å²) in [5.74, 6) is 1.60. The van der Waals surface area contributed by atoms with Crippen molar-refractivity contribution in [3.63, 3.8) is 0 Å². The first kappa shape index (κ1) is 10.4. The van der Waals surface area contributed by atoms with Crippen LogP contribution in [0.4, 0.5) is 5.82 Å². The molecule has 1 heterocycles. The first-order chi connectivity index (χ1) is 7.78. The van der Waals surface area contributed by atoms with Crippen LogP contribution in [0.25, 0.3) is 0 Å². The van der Waals surface area contributed by atoms with Crippen LogP contribution in [0.15, 0.2) is 36.7 Å². The van der Waals surface area contributed by atoms with Crippen molar-refractivity contribution in [1.29, 1.82) is 0 Å². The molecule has 0 atom stereocenters. The number of nitrogens with two attached hydrogens (primary N) is 1. The Morgan fingerprint density at radius 1 is 1.19 bits per heavy atom. The molecular weight excluding hydrogens is 202 g/mol. The Bertz CT molecular complexity index is 468. The van der Waals surface area contributed by atoms with E-state index < -0.39 is 0 Å². The topological polar surface area (TPSA) is 61.0 Å². The van der Waals surface area contributed by atoms with Gasteiger partial charge in [-0.1, -0.05) is 19.1 Å². The molecule has 1 aromatic carbocycles. The maximum absolute atomic E-state index is 5.53. The van der Waals surface area contributed by atoms with Gasteiger partial charge in [-0.2, -0.15) is 0 Å². The van der Waals surface area contributed by atoms with Gasteiger partial charge < -0.3 is 10.5 Å². The summed E-state index contributed by atoms with van der Waals surface area (Å²) in [4.78, 5) is 7.76. The zero-order chi connectivity index (χ0) is 11.4. The summed E-state index contributed by atoms with van der Waals surface area (Å²) >= 11 is 0. The minimum atomic E-state index is 0.398. The number of nitrogens with zero attached hydrogens (tertiary/aromatic N) is 2. The Kier molecular flexibility index (Phi) is 3.00. The molecule has 2 aromatic rings. The van der Waals surface area contributed by atoms with Crippen molar-refractivity contribution in [3.8, 4) is 11.6 Å². The van der Waals surface area contributed by atoms with Gasteiger partial charge in [-0.3, -0.25) is 0 Å². The van der Waals surface area contributed by atoms with Crippen LogP contribution in [0, 0.1) is 0 Å². The molecule has 0 fully saturated rings. The molecule has 0 amide bonds. The van der Waals surface area contributed by atoms with Crippen molar-refractivity contribution in [1.82, 2.24) is 9.97 Å². The number of aryl methyl sites for hydroxylation is 1. The van der Waals surface area contributed by atoms with Gasteiger partial charge in [-0.05, 0) is 24.1 Å². The zero-order valence-corrected chi connectivity index (χ0v) is 9.05. The molecule has 4 nitrogen and oxygen atoms in total. The van der Waals surface area contributed by atoms with Gasteiger partial charge in [0.05, 0.1) is 0 Å². The molecule has 2 rings (SSSR count). The molecule has 0 aliphatic carbocycles. The molecule has 0 aliphatic rings. The second kappa shape index (κ2) is 4.61. The highest BCUT2D eigenvalue weighted by Crippen LogP contribution is 2.20. The molecule has 4 heteroatoms. The Labute approximate surface area is 94.1 Å².